The molecule has 2 aromatic carbocycles. The molecule has 21 heavy (non-hydrogen) atoms. The number of rotatable bonds is 2. The van der Waals surface area contributed by atoms with Gasteiger partial charge in [-0.1, -0.05) is 54.1 Å². The molecular weight excluding hydrogens is 286 g/mol. The van der Waals surface area contributed by atoms with Crippen molar-refractivity contribution in [1.29, 1.82) is 0 Å². The fourth-order valence-electron chi connectivity index (χ4n) is 2.63. The zero-order valence-electron chi connectivity index (χ0n) is 11.3. The summed E-state index contributed by atoms with van der Waals surface area (Å²) in [6.07, 6.45) is 0.361. The molecule has 0 radical (unpaired) electrons. The molecule has 1 saturated heterocycles. The molecule has 3 nitrogen and oxygen atoms in total. The van der Waals surface area contributed by atoms with Gasteiger partial charge in [0.1, 0.15) is 0 Å². The Kier molecular flexibility index (Phi) is 3.76. The molecule has 0 aliphatic carbocycles. The second-order valence-corrected chi connectivity index (χ2v) is 5.51. The Hall–Kier alpha value is -2.13. The third-order valence-electron chi connectivity index (χ3n) is 3.75. The van der Waals surface area contributed by atoms with E-state index in [9.17, 15) is 9.59 Å². The van der Waals surface area contributed by atoms with Crippen molar-refractivity contribution in [2.45, 2.75) is 12.3 Å². The normalized spacial score (nSPS) is 18.0. The first-order valence-electron chi connectivity index (χ1n) is 6.81. The lowest BCUT2D eigenvalue weighted by atomic mass is 9.98. The second-order valence-electron chi connectivity index (χ2n) is 5.10. The fourth-order valence-corrected chi connectivity index (χ4v) is 2.85. The predicted molar refractivity (Wildman–Crippen MR) is 81.3 cm³/mol. The Morgan fingerprint density at radius 2 is 1.71 bits per heavy atom. The highest BCUT2D eigenvalue weighted by Gasteiger charge is 2.35. The highest BCUT2D eigenvalue weighted by molar-refractivity contribution is 6.34. The first-order chi connectivity index (χ1) is 10.2. The number of amides is 2. The molecular formula is C17H14ClNO2. The molecule has 1 aliphatic rings. The standard InChI is InChI=1S/C17H14ClNO2/c18-15-9-5-4-8-14(15)17(21)19-11-13(10-16(19)20)12-6-2-1-3-7-12/h1-9,13H,10-11H2/t13-/m0/s1. The molecule has 0 bridgehead atoms. The molecule has 0 spiro atoms. The van der Waals surface area contributed by atoms with Crippen LogP contribution < -0.4 is 0 Å². The molecule has 0 aromatic heterocycles. The van der Waals surface area contributed by atoms with Crippen LogP contribution in [0.5, 0.6) is 0 Å². The third-order valence-corrected chi connectivity index (χ3v) is 4.08. The summed E-state index contributed by atoms with van der Waals surface area (Å²) in [7, 11) is 0. The minimum absolute atomic E-state index is 0.0603. The Balaban J connectivity index is 1.83. The van der Waals surface area contributed by atoms with E-state index in [0.29, 0.717) is 23.6 Å². The lowest BCUT2D eigenvalue weighted by Crippen LogP contribution is -2.32. The number of hydrogen-bond acceptors (Lipinski definition) is 2. The molecule has 1 heterocycles. The van der Waals surface area contributed by atoms with E-state index in [0.717, 1.165) is 5.56 Å². The monoisotopic (exact) mass is 299 g/mol. The van der Waals surface area contributed by atoms with Crippen LogP contribution in [0.2, 0.25) is 5.02 Å². The van der Waals surface area contributed by atoms with Crippen LogP contribution in [0, 0.1) is 0 Å². The Morgan fingerprint density at radius 3 is 2.43 bits per heavy atom. The SMILES string of the molecule is O=C1C[C@H](c2ccccc2)CN1C(=O)c1ccccc1Cl. The van der Waals surface area contributed by atoms with Crippen LogP contribution in [-0.2, 0) is 4.79 Å². The Morgan fingerprint density at radius 1 is 1.05 bits per heavy atom. The first-order valence-corrected chi connectivity index (χ1v) is 7.19. The van der Waals surface area contributed by atoms with Crippen LogP contribution in [0.4, 0.5) is 0 Å². The molecule has 1 atom stereocenters. The molecule has 2 aromatic rings. The minimum Gasteiger partial charge on any atom is -0.278 e. The average Bonchev–Trinajstić information content (AvgIpc) is 2.90. The molecule has 3 rings (SSSR count). The zero-order valence-corrected chi connectivity index (χ0v) is 12.1. The van der Waals surface area contributed by atoms with Gasteiger partial charge in [-0.05, 0) is 17.7 Å². The molecule has 2 amide bonds. The maximum absolute atomic E-state index is 12.5. The van der Waals surface area contributed by atoms with Gasteiger partial charge in [0.15, 0.2) is 0 Å². The van der Waals surface area contributed by atoms with Crippen LogP contribution in [-0.4, -0.2) is 23.3 Å². The summed E-state index contributed by atoms with van der Waals surface area (Å²) in [4.78, 5) is 25.9. The lowest BCUT2D eigenvalue weighted by Gasteiger charge is -2.15. The van der Waals surface area contributed by atoms with Crippen molar-refractivity contribution in [1.82, 2.24) is 4.90 Å². The van der Waals surface area contributed by atoms with Gasteiger partial charge in [0.05, 0.1) is 10.6 Å². The van der Waals surface area contributed by atoms with Gasteiger partial charge >= 0.3 is 0 Å². The average molecular weight is 300 g/mol. The Labute approximate surface area is 128 Å². The van der Waals surface area contributed by atoms with E-state index in [1.165, 1.54) is 4.90 Å². The molecule has 106 valence electrons. The van der Waals surface area contributed by atoms with Crippen LogP contribution in [0.1, 0.15) is 28.3 Å². The van der Waals surface area contributed by atoms with Crippen molar-refractivity contribution >= 4 is 23.4 Å². The van der Waals surface area contributed by atoms with E-state index in [1.807, 2.05) is 30.3 Å². The smallest absolute Gasteiger partial charge is 0.261 e. The summed E-state index contributed by atoms with van der Waals surface area (Å²) >= 11 is 6.04. The van der Waals surface area contributed by atoms with Gasteiger partial charge in [0.2, 0.25) is 5.91 Å². The van der Waals surface area contributed by atoms with E-state index in [2.05, 4.69) is 0 Å². The van der Waals surface area contributed by atoms with Crippen molar-refractivity contribution in [2.75, 3.05) is 6.54 Å². The number of imide groups is 1. The molecule has 0 unspecified atom stereocenters. The first kappa shape index (κ1) is 13.8. The number of halogens is 1. The summed E-state index contributed by atoms with van der Waals surface area (Å²) in [5.74, 6) is -0.400. The van der Waals surface area contributed by atoms with Gasteiger partial charge in [-0.3, -0.25) is 14.5 Å². The van der Waals surface area contributed by atoms with Crippen molar-refractivity contribution in [2.24, 2.45) is 0 Å². The van der Waals surface area contributed by atoms with E-state index < -0.39 is 0 Å². The van der Waals surface area contributed by atoms with Gasteiger partial charge in [-0.2, -0.15) is 0 Å². The quantitative estimate of drug-likeness (QED) is 0.796. The summed E-state index contributed by atoms with van der Waals surface area (Å²) in [6, 6.07) is 16.6. The highest BCUT2D eigenvalue weighted by atomic mass is 35.5. The van der Waals surface area contributed by atoms with Crippen molar-refractivity contribution in [3.8, 4) is 0 Å². The summed E-state index contributed by atoms with van der Waals surface area (Å²) in [5.41, 5.74) is 1.46. The maximum atomic E-state index is 12.5. The summed E-state index contributed by atoms with van der Waals surface area (Å²) in [6.45, 7) is 0.410. The van der Waals surface area contributed by atoms with Gasteiger partial charge < -0.3 is 0 Å². The number of hydrogen-bond donors (Lipinski definition) is 0. The third kappa shape index (κ3) is 2.69. The molecule has 0 saturated carbocycles. The van der Waals surface area contributed by atoms with Crippen molar-refractivity contribution < 1.29 is 9.59 Å². The number of likely N-dealkylation sites (tertiary alicyclic amines) is 1. The molecule has 4 heteroatoms. The number of benzene rings is 2. The van der Waals surface area contributed by atoms with E-state index in [-0.39, 0.29) is 17.7 Å². The number of nitrogens with zero attached hydrogens (tertiary/aromatic N) is 1. The molecule has 1 aliphatic heterocycles. The van der Waals surface area contributed by atoms with Crippen LogP contribution in [0.15, 0.2) is 54.6 Å². The summed E-state index contributed by atoms with van der Waals surface area (Å²) in [5, 5.41) is 0.374. The number of carbonyl (C=O) groups excluding carboxylic acids is 2. The minimum atomic E-state index is -0.316. The van der Waals surface area contributed by atoms with Gasteiger partial charge in [0.25, 0.3) is 5.91 Å². The van der Waals surface area contributed by atoms with E-state index in [1.54, 1.807) is 24.3 Å². The topological polar surface area (TPSA) is 37.4 Å². The predicted octanol–water partition coefficient (Wildman–Crippen LogP) is 3.50. The molecule has 1 fully saturated rings. The van der Waals surface area contributed by atoms with Crippen LogP contribution in [0.3, 0.4) is 0 Å². The van der Waals surface area contributed by atoms with Gasteiger partial charge in [-0.25, -0.2) is 0 Å². The number of carbonyl (C=O) groups is 2. The molecule has 0 N–H and O–H groups in total. The van der Waals surface area contributed by atoms with Gasteiger partial charge in [0, 0.05) is 18.9 Å². The second kappa shape index (κ2) is 5.70. The maximum Gasteiger partial charge on any atom is 0.261 e. The van der Waals surface area contributed by atoms with E-state index in [4.69, 9.17) is 11.6 Å². The Bertz CT molecular complexity index is 684. The van der Waals surface area contributed by atoms with Crippen LogP contribution >= 0.6 is 11.6 Å². The van der Waals surface area contributed by atoms with Crippen molar-refractivity contribution in [3.63, 3.8) is 0 Å². The summed E-state index contributed by atoms with van der Waals surface area (Å²) < 4.78 is 0. The van der Waals surface area contributed by atoms with Crippen molar-refractivity contribution in [3.05, 3.63) is 70.7 Å². The largest absolute Gasteiger partial charge is 0.278 e. The highest BCUT2D eigenvalue weighted by Crippen LogP contribution is 2.30. The van der Waals surface area contributed by atoms with E-state index >= 15 is 0 Å². The van der Waals surface area contributed by atoms with Crippen LogP contribution in [0.25, 0.3) is 0 Å². The van der Waals surface area contributed by atoms with Gasteiger partial charge in [-0.15, -0.1) is 0 Å². The zero-order chi connectivity index (χ0) is 14.8. The lowest BCUT2D eigenvalue weighted by molar-refractivity contribution is -0.125. The fraction of sp³-hybridized carbons (Fsp3) is 0.176.